The zero-order chi connectivity index (χ0) is 21.5. The Morgan fingerprint density at radius 2 is 1.46 bits per heavy atom. The molecule has 0 aliphatic heterocycles. The smallest absolute Gasteiger partial charge is 0.338 e. The summed E-state index contributed by atoms with van der Waals surface area (Å²) in [7, 11) is 0. The Morgan fingerprint density at radius 3 is 2.04 bits per heavy atom. The minimum absolute atomic E-state index is 0.282. The molecule has 0 rings (SSSR count). The van der Waals surface area contributed by atoms with Crippen LogP contribution in [0.5, 0.6) is 0 Å². The maximum Gasteiger partial charge on any atom is 0.338 e. The fourth-order valence-corrected chi connectivity index (χ4v) is 2.08. The van der Waals surface area contributed by atoms with E-state index in [1.54, 1.807) is 26.8 Å². The molecule has 0 saturated carbocycles. The van der Waals surface area contributed by atoms with Crippen molar-refractivity contribution in [2.24, 2.45) is 5.92 Å². The molecular weight excluding hydrogens is 352 g/mol. The van der Waals surface area contributed by atoms with Crippen LogP contribution >= 0.6 is 0 Å². The van der Waals surface area contributed by atoms with Crippen LogP contribution in [-0.4, -0.2) is 25.2 Å². The van der Waals surface area contributed by atoms with Crippen molar-refractivity contribution < 1.29 is 19.1 Å². The molecule has 0 aromatic heterocycles. The van der Waals surface area contributed by atoms with Gasteiger partial charge in [0, 0.05) is 6.08 Å². The van der Waals surface area contributed by atoms with E-state index >= 15 is 0 Å². The molecule has 0 N–H and O–H groups in total. The molecule has 0 saturated heterocycles. The number of ether oxygens (including phenoxy) is 2. The molecule has 0 bridgehead atoms. The molecule has 4 nitrogen and oxygen atoms in total. The summed E-state index contributed by atoms with van der Waals surface area (Å²) in [4.78, 5) is 23.9. The van der Waals surface area contributed by atoms with E-state index in [0.717, 1.165) is 11.1 Å². The molecule has 154 valence electrons. The van der Waals surface area contributed by atoms with Crippen LogP contribution in [0, 0.1) is 5.92 Å². The van der Waals surface area contributed by atoms with Gasteiger partial charge in [-0.1, -0.05) is 55.9 Å². The van der Waals surface area contributed by atoms with Crippen molar-refractivity contribution in [3.05, 3.63) is 70.9 Å². The third kappa shape index (κ3) is 11.9. The lowest BCUT2D eigenvalue weighted by molar-refractivity contribution is -0.138. The van der Waals surface area contributed by atoms with Gasteiger partial charge in [0.05, 0.1) is 18.8 Å². The number of hydrogen-bond donors (Lipinski definition) is 0. The summed E-state index contributed by atoms with van der Waals surface area (Å²) < 4.78 is 10.0. The van der Waals surface area contributed by atoms with Crippen molar-refractivity contribution in [2.45, 2.75) is 48.5 Å². The Balaban J connectivity index is 5.50. The van der Waals surface area contributed by atoms with Crippen LogP contribution < -0.4 is 0 Å². The third-order valence-corrected chi connectivity index (χ3v) is 3.48. The highest BCUT2D eigenvalue weighted by Gasteiger charge is 2.12. The molecule has 0 spiro atoms. The van der Waals surface area contributed by atoms with E-state index in [1.807, 2.05) is 38.2 Å². The van der Waals surface area contributed by atoms with Crippen LogP contribution in [0.15, 0.2) is 70.9 Å². The molecule has 0 aliphatic carbocycles. The highest BCUT2D eigenvalue weighted by molar-refractivity contribution is 5.94. The van der Waals surface area contributed by atoms with Crippen LogP contribution in [0.1, 0.15) is 48.5 Å². The number of carbonyl (C=O) groups is 2. The molecule has 0 atom stereocenters. The molecule has 0 aromatic carbocycles. The predicted octanol–water partition coefficient (Wildman–Crippen LogP) is 5.65. The normalized spacial score (nSPS) is 14.3. The molecular formula is C24H34O4. The maximum atomic E-state index is 12.3. The summed E-state index contributed by atoms with van der Waals surface area (Å²) in [5, 5.41) is 0. The van der Waals surface area contributed by atoms with E-state index in [9.17, 15) is 9.59 Å². The van der Waals surface area contributed by atoms with Crippen LogP contribution in [0.2, 0.25) is 0 Å². The summed E-state index contributed by atoms with van der Waals surface area (Å²) in [5.74, 6) is -0.346. The van der Waals surface area contributed by atoms with Crippen molar-refractivity contribution in [1.29, 1.82) is 0 Å². The molecule has 0 aliphatic rings. The first-order chi connectivity index (χ1) is 13.2. The predicted molar refractivity (Wildman–Crippen MR) is 116 cm³/mol. The first kappa shape index (κ1) is 25.4. The Labute approximate surface area is 170 Å². The maximum absolute atomic E-state index is 12.3. The fraction of sp³-hybridized carbons (Fsp3) is 0.417. The van der Waals surface area contributed by atoms with Gasteiger partial charge in [-0.05, 0) is 57.8 Å². The minimum Gasteiger partial charge on any atom is -0.463 e. The lowest BCUT2D eigenvalue weighted by Crippen LogP contribution is -2.09. The average molecular weight is 387 g/mol. The highest BCUT2D eigenvalue weighted by Crippen LogP contribution is 2.15. The molecule has 4 heteroatoms. The van der Waals surface area contributed by atoms with Gasteiger partial charge in [-0.15, -0.1) is 0 Å². The van der Waals surface area contributed by atoms with Crippen molar-refractivity contribution in [1.82, 2.24) is 0 Å². The van der Waals surface area contributed by atoms with Crippen LogP contribution in [0.25, 0.3) is 0 Å². The second-order valence-electron chi connectivity index (χ2n) is 6.67. The monoisotopic (exact) mass is 386 g/mol. The van der Waals surface area contributed by atoms with Gasteiger partial charge in [-0.25, -0.2) is 9.59 Å². The van der Waals surface area contributed by atoms with Gasteiger partial charge in [0.1, 0.15) is 0 Å². The average Bonchev–Trinajstić information content (AvgIpc) is 2.61. The molecule has 0 heterocycles. The van der Waals surface area contributed by atoms with E-state index in [2.05, 4.69) is 26.0 Å². The SMILES string of the molecule is CCOC(=O)C=C(C)C=C(C(=O)OCC)C(C)=CC=CC=C(C)C=CC(C)C. The summed E-state index contributed by atoms with van der Waals surface area (Å²) in [6, 6.07) is 0. The van der Waals surface area contributed by atoms with Crippen LogP contribution in [0.4, 0.5) is 0 Å². The van der Waals surface area contributed by atoms with Crippen molar-refractivity contribution >= 4 is 11.9 Å². The molecule has 0 amide bonds. The number of allylic oxidation sites excluding steroid dienone is 9. The van der Waals surface area contributed by atoms with Gasteiger partial charge in [-0.3, -0.25) is 0 Å². The first-order valence-electron chi connectivity index (χ1n) is 9.65. The van der Waals surface area contributed by atoms with E-state index in [1.165, 1.54) is 6.08 Å². The fourth-order valence-electron chi connectivity index (χ4n) is 2.08. The topological polar surface area (TPSA) is 52.6 Å². The lowest BCUT2D eigenvalue weighted by Gasteiger charge is -2.07. The minimum atomic E-state index is -0.434. The number of esters is 2. The second kappa shape index (κ2) is 14.4. The van der Waals surface area contributed by atoms with E-state index in [-0.39, 0.29) is 6.61 Å². The zero-order valence-electron chi connectivity index (χ0n) is 18.2. The van der Waals surface area contributed by atoms with Crippen LogP contribution in [0.3, 0.4) is 0 Å². The Morgan fingerprint density at radius 1 is 0.857 bits per heavy atom. The lowest BCUT2D eigenvalue weighted by atomic mass is 10.0. The van der Waals surface area contributed by atoms with E-state index < -0.39 is 11.9 Å². The van der Waals surface area contributed by atoms with Gasteiger partial charge in [0.15, 0.2) is 0 Å². The zero-order valence-corrected chi connectivity index (χ0v) is 18.2. The summed E-state index contributed by atoms with van der Waals surface area (Å²) in [5.41, 5.74) is 2.92. The molecule has 0 unspecified atom stereocenters. The van der Waals surface area contributed by atoms with Gasteiger partial charge >= 0.3 is 11.9 Å². The van der Waals surface area contributed by atoms with Gasteiger partial charge in [0.25, 0.3) is 0 Å². The van der Waals surface area contributed by atoms with Crippen molar-refractivity contribution in [3.63, 3.8) is 0 Å². The molecule has 0 aromatic rings. The Kier molecular flexibility index (Phi) is 13.1. The number of hydrogen-bond acceptors (Lipinski definition) is 4. The molecule has 28 heavy (non-hydrogen) atoms. The van der Waals surface area contributed by atoms with Crippen molar-refractivity contribution in [2.75, 3.05) is 13.2 Å². The van der Waals surface area contributed by atoms with Gasteiger partial charge < -0.3 is 9.47 Å². The quantitative estimate of drug-likeness (QED) is 0.277. The van der Waals surface area contributed by atoms with E-state index in [4.69, 9.17) is 9.47 Å². The standard InChI is InChI=1S/C24H34O4/c1-8-27-23(25)17-20(6)16-22(24(26)28-9-2)21(7)13-11-10-12-19(5)15-14-18(3)4/h10-18H,8-9H2,1-7H3. The van der Waals surface area contributed by atoms with Gasteiger partial charge in [0.2, 0.25) is 0 Å². The largest absolute Gasteiger partial charge is 0.463 e. The number of rotatable bonds is 10. The van der Waals surface area contributed by atoms with Gasteiger partial charge in [-0.2, -0.15) is 0 Å². The second-order valence-corrected chi connectivity index (χ2v) is 6.67. The highest BCUT2D eigenvalue weighted by atomic mass is 16.5. The summed E-state index contributed by atoms with van der Waals surface area (Å²) >= 11 is 0. The number of carbonyl (C=O) groups excluding carboxylic acids is 2. The Hall–Kier alpha value is -2.62. The van der Waals surface area contributed by atoms with E-state index in [0.29, 0.717) is 23.7 Å². The molecule has 0 fully saturated rings. The first-order valence-corrected chi connectivity index (χ1v) is 9.65. The Bertz CT molecular complexity index is 698. The van der Waals surface area contributed by atoms with Crippen LogP contribution in [-0.2, 0) is 19.1 Å². The van der Waals surface area contributed by atoms with Crippen molar-refractivity contribution in [3.8, 4) is 0 Å². The molecule has 0 radical (unpaired) electrons. The summed E-state index contributed by atoms with van der Waals surface area (Å²) in [6.45, 7) is 14.0. The third-order valence-electron chi connectivity index (χ3n) is 3.48. The summed E-state index contributed by atoms with van der Waals surface area (Å²) in [6.07, 6.45) is 14.9.